The zero-order valence-electron chi connectivity index (χ0n) is 11.7. The molecule has 1 aromatic carbocycles. The lowest BCUT2D eigenvalue weighted by atomic mass is 9.90. The average molecular weight is 348 g/mol. The van der Waals surface area contributed by atoms with Gasteiger partial charge in [-0.05, 0) is 50.8 Å². The van der Waals surface area contributed by atoms with Crippen molar-refractivity contribution in [3.05, 3.63) is 34.3 Å². The van der Waals surface area contributed by atoms with Crippen LogP contribution in [0.2, 0.25) is 0 Å². The van der Waals surface area contributed by atoms with E-state index in [1.165, 1.54) is 29.4 Å². The van der Waals surface area contributed by atoms with Crippen molar-refractivity contribution in [2.24, 2.45) is 11.7 Å². The van der Waals surface area contributed by atoms with Gasteiger partial charge in [0.1, 0.15) is 0 Å². The lowest BCUT2D eigenvalue weighted by Gasteiger charge is -2.38. The van der Waals surface area contributed by atoms with Gasteiger partial charge in [0.15, 0.2) is 0 Å². The number of nitrogens with two attached hydrogens (primary N) is 1. The summed E-state index contributed by atoms with van der Waals surface area (Å²) in [7, 11) is 0. The highest BCUT2D eigenvalue weighted by molar-refractivity contribution is 9.10. The normalized spacial score (nSPS) is 23.5. The highest BCUT2D eigenvalue weighted by Gasteiger charge is 2.26. The molecule has 1 heterocycles. The van der Waals surface area contributed by atoms with Crippen LogP contribution in [0.25, 0.3) is 0 Å². The summed E-state index contributed by atoms with van der Waals surface area (Å²) in [5.41, 5.74) is 7.44. The van der Waals surface area contributed by atoms with Gasteiger partial charge in [-0.1, -0.05) is 34.1 Å². The molecule has 3 atom stereocenters. The highest BCUT2D eigenvalue weighted by atomic mass is 79.9. The van der Waals surface area contributed by atoms with Crippen molar-refractivity contribution in [3.63, 3.8) is 0 Å². The molecule has 2 rings (SSSR count). The molecule has 1 aliphatic rings. The van der Waals surface area contributed by atoms with E-state index >= 15 is 0 Å². The van der Waals surface area contributed by atoms with Crippen LogP contribution in [0.3, 0.4) is 0 Å². The number of benzene rings is 1. The van der Waals surface area contributed by atoms with Gasteiger partial charge in [0.05, 0.1) is 0 Å². The van der Waals surface area contributed by atoms with Crippen LogP contribution < -0.4 is 5.73 Å². The molecule has 0 aromatic heterocycles. The molecule has 0 bridgehead atoms. The number of hydrogen-bond acceptors (Lipinski definition) is 2. The number of hydrogen-bond donors (Lipinski definition) is 1. The number of nitrogens with zero attached hydrogens (tertiary/aromatic N) is 1. The molecule has 19 heavy (non-hydrogen) atoms. The van der Waals surface area contributed by atoms with Crippen LogP contribution in [0.15, 0.2) is 28.7 Å². The van der Waals surface area contributed by atoms with Crippen molar-refractivity contribution < 1.29 is 0 Å². The SMILES string of the molecule is CC(N)C1CCCN(C(C)c2ccccc2Br)C1.Cl. The van der Waals surface area contributed by atoms with E-state index in [-0.39, 0.29) is 12.4 Å². The fourth-order valence-electron chi connectivity index (χ4n) is 2.83. The fourth-order valence-corrected chi connectivity index (χ4v) is 3.45. The van der Waals surface area contributed by atoms with E-state index in [1.807, 2.05) is 0 Å². The van der Waals surface area contributed by atoms with Gasteiger partial charge >= 0.3 is 0 Å². The van der Waals surface area contributed by atoms with Crippen LogP contribution in [0.4, 0.5) is 0 Å². The number of piperidine rings is 1. The summed E-state index contributed by atoms with van der Waals surface area (Å²) < 4.78 is 1.21. The third-order valence-corrected chi connectivity index (χ3v) is 4.86. The van der Waals surface area contributed by atoms with Gasteiger partial charge in [-0.25, -0.2) is 0 Å². The molecule has 1 aromatic rings. The van der Waals surface area contributed by atoms with E-state index < -0.39 is 0 Å². The van der Waals surface area contributed by atoms with Crippen LogP contribution in [-0.4, -0.2) is 24.0 Å². The Hall–Kier alpha value is -0.0900. The molecule has 3 unspecified atom stereocenters. The first-order valence-corrected chi connectivity index (χ1v) is 7.63. The highest BCUT2D eigenvalue weighted by Crippen LogP contribution is 2.31. The first-order valence-electron chi connectivity index (χ1n) is 6.83. The molecule has 0 saturated carbocycles. The van der Waals surface area contributed by atoms with E-state index in [0.29, 0.717) is 18.0 Å². The van der Waals surface area contributed by atoms with Crippen molar-refractivity contribution in [1.82, 2.24) is 4.90 Å². The number of halogens is 2. The third-order valence-electron chi connectivity index (χ3n) is 4.14. The predicted octanol–water partition coefficient (Wildman–Crippen LogP) is 3.99. The van der Waals surface area contributed by atoms with Gasteiger partial charge in [0, 0.05) is 23.1 Å². The Bertz CT molecular complexity index is 397. The molecular weight excluding hydrogens is 324 g/mol. The Morgan fingerprint density at radius 1 is 1.32 bits per heavy atom. The van der Waals surface area contributed by atoms with Gasteiger partial charge in [-0.15, -0.1) is 12.4 Å². The second-order valence-corrected chi connectivity index (χ2v) is 6.31. The smallest absolute Gasteiger partial charge is 0.0331 e. The zero-order chi connectivity index (χ0) is 13.1. The lowest BCUT2D eigenvalue weighted by Crippen LogP contribution is -2.43. The van der Waals surface area contributed by atoms with Crippen molar-refractivity contribution in [2.75, 3.05) is 13.1 Å². The van der Waals surface area contributed by atoms with Gasteiger partial charge in [-0.3, -0.25) is 4.90 Å². The van der Waals surface area contributed by atoms with E-state index in [4.69, 9.17) is 5.73 Å². The Morgan fingerprint density at radius 2 is 2.00 bits per heavy atom. The van der Waals surface area contributed by atoms with Crippen LogP contribution in [0.5, 0.6) is 0 Å². The quantitative estimate of drug-likeness (QED) is 0.895. The van der Waals surface area contributed by atoms with Gasteiger partial charge < -0.3 is 5.73 Å². The maximum atomic E-state index is 6.06. The summed E-state index contributed by atoms with van der Waals surface area (Å²) in [6.45, 7) is 6.74. The maximum absolute atomic E-state index is 6.06. The van der Waals surface area contributed by atoms with Crippen LogP contribution in [0, 0.1) is 5.92 Å². The third kappa shape index (κ3) is 4.19. The molecule has 0 radical (unpaired) electrons. The Kier molecular flexibility index (Phi) is 6.81. The number of likely N-dealkylation sites (tertiary alicyclic amines) is 1. The minimum atomic E-state index is 0. The van der Waals surface area contributed by atoms with Gasteiger partial charge in [-0.2, -0.15) is 0 Å². The van der Waals surface area contributed by atoms with Crippen LogP contribution in [-0.2, 0) is 0 Å². The summed E-state index contributed by atoms with van der Waals surface area (Å²) in [4.78, 5) is 2.57. The largest absolute Gasteiger partial charge is 0.328 e. The lowest BCUT2D eigenvalue weighted by molar-refractivity contribution is 0.121. The molecule has 4 heteroatoms. The molecule has 0 amide bonds. The van der Waals surface area contributed by atoms with E-state index in [0.717, 1.165) is 6.54 Å². The summed E-state index contributed by atoms with van der Waals surface area (Å²) in [5.74, 6) is 0.642. The summed E-state index contributed by atoms with van der Waals surface area (Å²) in [6.07, 6.45) is 2.54. The molecular formula is C15H24BrClN2. The Labute approximate surface area is 131 Å². The topological polar surface area (TPSA) is 29.3 Å². The second-order valence-electron chi connectivity index (χ2n) is 5.45. The van der Waals surface area contributed by atoms with Crippen molar-refractivity contribution in [3.8, 4) is 0 Å². The summed E-state index contributed by atoms with van der Waals surface area (Å²) >= 11 is 3.66. The first-order chi connectivity index (χ1) is 8.59. The van der Waals surface area contributed by atoms with E-state index in [1.54, 1.807) is 0 Å². The maximum Gasteiger partial charge on any atom is 0.0331 e. The zero-order valence-corrected chi connectivity index (χ0v) is 14.1. The summed E-state index contributed by atoms with van der Waals surface area (Å²) in [5, 5.41) is 0. The van der Waals surface area contributed by atoms with Gasteiger partial charge in [0.25, 0.3) is 0 Å². The summed E-state index contributed by atoms with van der Waals surface area (Å²) in [6, 6.07) is 9.29. The molecule has 1 saturated heterocycles. The monoisotopic (exact) mass is 346 g/mol. The minimum absolute atomic E-state index is 0. The van der Waals surface area contributed by atoms with Crippen molar-refractivity contribution in [2.45, 2.75) is 38.8 Å². The van der Waals surface area contributed by atoms with Gasteiger partial charge in [0.2, 0.25) is 0 Å². The minimum Gasteiger partial charge on any atom is -0.328 e. The molecule has 1 fully saturated rings. The standard InChI is InChI=1S/C15H23BrN2.ClH/c1-11(17)13-6-5-9-18(10-13)12(2)14-7-3-4-8-15(14)16;/h3-4,7-8,11-13H,5-6,9-10,17H2,1-2H3;1H. The Morgan fingerprint density at radius 3 is 2.63 bits per heavy atom. The molecule has 108 valence electrons. The van der Waals surface area contributed by atoms with Crippen molar-refractivity contribution >= 4 is 28.3 Å². The van der Waals surface area contributed by atoms with E-state index in [9.17, 15) is 0 Å². The predicted molar refractivity (Wildman–Crippen MR) is 87.8 cm³/mol. The molecule has 2 nitrogen and oxygen atoms in total. The molecule has 2 N–H and O–H groups in total. The fraction of sp³-hybridized carbons (Fsp3) is 0.600. The van der Waals surface area contributed by atoms with Crippen molar-refractivity contribution in [1.29, 1.82) is 0 Å². The van der Waals surface area contributed by atoms with E-state index in [2.05, 4.69) is 58.9 Å². The average Bonchev–Trinajstić information content (AvgIpc) is 2.38. The first kappa shape index (κ1) is 17.0. The molecule has 0 aliphatic carbocycles. The number of rotatable bonds is 3. The van der Waals surface area contributed by atoms with Crippen LogP contribution >= 0.6 is 28.3 Å². The molecule has 1 aliphatic heterocycles. The molecule has 0 spiro atoms. The second kappa shape index (κ2) is 7.63. The Balaban J connectivity index is 0.00000180. The van der Waals surface area contributed by atoms with Crippen LogP contribution in [0.1, 0.15) is 38.3 Å².